The first kappa shape index (κ1) is 26.0. The molecular weight excluding hydrogens is 420 g/mol. The van der Waals surface area contributed by atoms with Gasteiger partial charge in [-0.2, -0.15) is 0 Å². The van der Waals surface area contributed by atoms with E-state index in [0.29, 0.717) is 17.3 Å². The van der Waals surface area contributed by atoms with E-state index in [-0.39, 0.29) is 24.3 Å². The second kappa shape index (κ2) is 10.5. The predicted molar refractivity (Wildman–Crippen MR) is 138 cm³/mol. The van der Waals surface area contributed by atoms with Crippen LogP contribution in [0, 0.1) is 40.4 Å². The summed E-state index contributed by atoms with van der Waals surface area (Å²) in [6, 6.07) is 0. The number of unbranched alkanes of at least 4 members (excludes halogenated alkanes) is 1. The molecule has 34 heavy (non-hydrogen) atoms. The molecule has 0 radical (unpaired) electrons. The van der Waals surface area contributed by atoms with Gasteiger partial charge in [0.05, 0.1) is 6.42 Å². The SMILES string of the molecule is CC(=O)CCC(=O)O[C@@H]1CC[C@@]2(C)C(=CCC3C2CC[C@@]2(C)C3CC[C@@H]2CCCCC(C)C)C1. The highest BCUT2D eigenvalue weighted by atomic mass is 16.5. The summed E-state index contributed by atoms with van der Waals surface area (Å²) in [5, 5.41) is 0. The molecule has 0 amide bonds. The summed E-state index contributed by atoms with van der Waals surface area (Å²) in [5.41, 5.74) is 2.42. The van der Waals surface area contributed by atoms with Gasteiger partial charge in [0.15, 0.2) is 0 Å². The third kappa shape index (κ3) is 5.19. The van der Waals surface area contributed by atoms with E-state index in [1.807, 2.05) is 0 Å². The number of ketones is 1. The van der Waals surface area contributed by atoms with Crippen LogP contribution >= 0.6 is 0 Å². The fourth-order valence-corrected chi connectivity index (χ4v) is 8.78. The Bertz CT molecular complexity index is 782. The van der Waals surface area contributed by atoms with Crippen molar-refractivity contribution in [3.05, 3.63) is 11.6 Å². The average molecular weight is 471 g/mol. The first-order chi connectivity index (χ1) is 16.1. The van der Waals surface area contributed by atoms with Gasteiger partial charge in [0, 0.05) is 12.8 Å². The van der Waals surface area contributed by atoms with Crippen LogP contribution in [0.25, 0.3) is 0 Å². The summed E-state index contributed by atoms with van der Waals surface area (Å²) in [6.45, 7) is 11.4. The van der Waals surface area contributed by atoms with Crippen molar-refractivity contribution >= 4 is 11.8 Å². The molecule has 0 aliphatic heterocycles. The number of hydrogen-bond acceptors (Lipinski definition) is 3. The zero-order valence-corrected chi connectivity index (χ0v) is 22.7. The summed E-state index contributed by atoms with van der Waals surface area (Å²) in [5.74, 6) is 4.19. The fraction of sp³-hybridized carbons (Fsp3) is 0.871. The van der Waals surface area contributed by atoms with E-state index in [0.717, 1.165) is 48.9 Å². The minimum atomic E-state index is -0.197. The Morgan fingerprint density at radius 2 is 1.82 bits per heavy atom. The van der Waals surface area contributed by atoms with E-state index >= 15 is 0 Å². The molecule has 0 heterocycles. The Balaban J connectivity index is 1.38. The Morgan fingerprint density at radius 1 is 1.03 bits per heavy atom. The molecule has 4 aliphatic carbocycles. The molecule has 3 heteroatoms. The number of hydrogen-bond donors (Lipinski definition) is 0. The minimum Gasteiger partial charge on any atom is -0.462 e. The van der Waals surface area contributed by atoms with Crippen molar-refractivity contribution < 1.29 is 14.3 Å². The van der Waals surface area contributed by atoms with Gasteiger partial charge in [-0.3, -0.25) is 4.79 Å². The van der Waals surface area contributed by atoms with Crippen LogP contribution in [0.5, 0.6) is 0 Å². The van der Waals surface area contributed by atoms with Crippen LogP contribution in [-0.4, -0.2) is 17.9 Å². The van der Waals surface area contributed by atoms with E-state index in [2.05, 4.69) is 33.8 Å². The van der Waals surface area contributed by atoms with E-state index in [1.165, 1.54) is 64.7 Å². The van der Waals surface area contributed by atoms with Crippen molar-refractivity contribution in [2.75, 3.05) is 0 Å². The first-order valence-electron chi connectivity index (χ1n) is 14.5. The van der Waals surface area contributed by atoms with E-state index in [9.17, 15) is 9.59 Å². The zero-order chi connectivity index (χ0) is 24.5. The number of allylic oxidation sites excluding steroid dienone is 1. The Kier molecular flexibility index (Phi) is 7.99. The molecule has 3 unspecified atom stereocenters. The third-order valence-corrected chi connectivity index (χ3v) is 10.8. The quantitative estimate of drug-likeness (QED) is 0.194. The van der Waals surface area contributed by atoms with E-state index in [1.54, 1.807) is 5.57 Å². The van der Waals surface area contributed by atoms with Crippen LogP contribution in [0.2, 0.25) is 0 Å². The first-order valence-corrected chi connectivity index (χ1v) is 14.5. The lowest BCUT2D eigenvalue weighted by molar-refractivity contribution is -0.152. The van der Waals surface area contributed by atoms with Crippen molar-refractivity contribution in [1.29, 1.82) is 0 Å². The molecule has 0 bridgehead atoms. The number of esters is 1. The predicted octanol–water partition coefficient (Wildman–Crippen LogP) is 8.06. The molecule has 0 aromatic heterocycles. The lowest BCUT2D eigenvalue weighted by atomic mass is 9.47. The topological polar surface area (TPSA) is 43.4 Å². The molecular formula is C31H50O3. The number of Topliss-reactive ketones (excluding diaryl/α,β-unsaturated/α-hetero) is 1. The molecule has 0 saturated heterocycles. The van der Waals surface area contributed by atoms with Crippen molar-refractivity contribution in [3.63, 3.8) is 0 Å². The summed E-state index contributed by atoms with van der Waals surface area (Å²) >= 11 is 0. The van der Waals surface area contributed by atoms with E-state index in [4.69, 9.17) is 4.74 Å². The van der Waals surface area contributed by atoms with Crippen LogP contribution in [0.4, 0.5) is 0 Å². The van der Waals surface area contributed by atoms with Gasteiger partial charge in [-0.1, -0.05) is 58.6 Å². The lowest BCUT2D eigenvalue weighted by Gasteiger charge is -2.58. The second-order valence-electron chi connectivity index (χ2n) is 13.3. The van der Waals surface area contributed by atoms with Crippen LogP contribution in [0.1, 0.15) is 125 Å². The van der Waals surface area contributed by atoms with Gasteiger partial charge in [-0.05, 0) is 98.7 Å². The smallest absolute Gasteiger partial charge is 0.306 e. The summed E-state index contributed by atoms with van der Waals surface area (Å²) in [4.78, 5) is 23.4. The maximum Gasteiger partial charge on any atom is 0.306 e. The summed E-state index contributed by atoms with van der Waals surface area (Å²) in [7, 11) is 0. The van der Waals surface area contributed by atoms with Gasteiger partial charge < -0.3 is 9.53 Å². The molecule has 0 aromatic carbocycles. The molecule has 0 spiro atoms. The van der Waals surface area contributed by atoms with Crippen LogP contribution < -0.4 is 0 Å². The Morgan fingerprint density at radius 3 is 2.56 bits per heavy atom. The van der Waals surface area contributed by atoms with Gasteiger partial charge in [0.1, 0.15) is 11.9 Å². The molecule has 3 saturated carbocycles. The zero-order valence-electron chi connectivity index (χ0n) is 22.7. The number of rotatable bonds is 9. The maximum absolute atomic E-state index is 12.2. The fourth-order valence-electron chi connectivity index (χ4n) is 8.78. The van der Waals surface area contributed by atoms with Crippen molar-refractivity contribution in [1.82, 2.24) is 0 Å². The molecule has 0 aromatic rings. The van der Waals surface area contributed by atoms with Gasteiger partial charge in [0.25, 0.3) is 0 Å². The van der Waals surface area contributed by atoms with Gasteiger partial charge in [0.2, 0.25) is 0 Å². The highest BCUT2D eigenvalue weighted by Gasteiger charge is 2.58. The van der Waals surface area contributed by atoms with Crippen LogP contribution in [0.3, 0.4) is 0 Å². The number of ether oxygens (including phenoxy) is 1. The molecule has 192 valence electrons. The molecule has 4 rings (SSSR count). The highest BCUT2D eigenvalue weighted by Crippen LogP contribution is 2.66. The minimum absolute atomic E-state index is 0.00545. The van der Waals surface area contributed by atoms with Crippen molar-refractivity contribution in [2.24, 2.45) is 40.4 Å². The molecule has 7 atom stereocenters. The van der Waals surface area contributed by atoms with Crippen LogP contribution in [0.15, 0.2) is 11.6 Å². The summed E-state index contributed by atoms with van der Waals surface area (Å²) < 4.78 is 5.80. The van der Waals surface area contributed by atoms with Gasteiger partial charge in [-0.15, -0.1) is 0 Å². The van der Waals surface area contributed by atoms with Gasteiger partial charge in [-0.25, -0.2) is 0 Å². The number of carbonyl (C=O) groups is 2. The maximum atomic E-state index is 12.2. The number of carbonyl (C=O) groups excluding carboxylic acids is 2. The average Bonchev–Trinajstić information content (AvgIpc) is 3.11. The lowest BCUT2D eigenvalue weighted by Crippen LogP contribution is -2.50. The second-order valence-corrected chi connectivity index (χ2v) is 13.3. The highest BCUT2D eigenvalue weighted by molar-refractivity contribution is 5.81. The third-order valence-electron chi connectivity index (χ3n) is 10.8. The standard InChI is InChI=1S/C31H50O3/c1-21(2)8-6-7-9-23-12-14-27-26-13-11-24-20-25(34-29(33)15-10-22(3)32)16-18-31(24,5)28(26)17-19-30(23,27)4/h11,21,23,25-28H,6-10,12-20H2,1-5H3/t23-,25+,26?,27?,28?,30+,31-/m0/s1. The van der Waals surface area contributed by atoms with Gasteiger partial charge >= 0.3 is 5.97 Å². The molecule has 0 N–H and O–H groups in total. The van der Waals surface area contributed by atoms with Crippen molar-refractivity contribution in [3.8, 4) is 0 Å². The monoisotopic (exact) mass is 470 g/mol. The van der Waals surface area contributed by atoms with Crippen molar-refractivity contribution in [2.45, 2.75) is 131 Å². The Hall–Kier alpha value is -1.12. The molecule has 3 nitrogen and oxygen atoms in total. The van der Waals surface area contributed by atoms with Crippen LogP contribution in [-0.2, 0) is 14.3 Å². The number of fused-ring (bicyclic) bond motifs is 5. The van der Waals surface area contributed by atoms with E-state index < -0.39 is 0 Å². The summed E-state index contributed by atoms with van der Waals surface area (Å²) in [6.07, 6.45) is 18.7. The molecule has 4 aliphatic rings. The normalized spacial score (nSPS) is 39.1. The molecule has 3 fully saturated rings. The Labute approximate surface area is 208 Å². The largest absolute Gasteiger partial charge is 0.462 e.